The van der Waals surface area contributed by atoms with Crippen molar-refractivity contribution in [1.82, 2.24) is 15.3 Å². The lowest BCUT2D eigenvalue weighted by atomic mass is 10.0. The summed E-state index contributed by atoms with van der Waals surface area (Å²) < 4.78 is 5.24. The molecule has 2 heterocycles. The van der Waals surface area contributed by atoms with Gasteiger partial charge in [-0.25, -0.2) is 19.4 Å². The first kappa shape index (κ1) is 41.5. The Kier molecular flexibility index (Phi) is 15.4. The fourth-order valence-electron chi connectivity index (χ4n) is 5.89. The number of hydrogen-bond donors (Lipinski definition) is 6. The van der Waals surface area contributed by atoms with E-state index >= 15 is 0 Å². The normalized spacial score (nSPS) is 17.7. The Morgan fingerprint density at radius 2 is 1.40 bits per heavy atom. The van der Waals surface area contributed by atoms with Crippen molar-refractivity contribution in [3.05, 3.63) is 83.4 Å². The number of aromatic carboxylic acids is 2. The first-order valence-electron chi connectivity index (χ1n) is 16.7. The van der Waals surface area contributed by atoms with Crippen molar-refractivity contribution < 1.29 is 59.7 Å². The number of azo groups is 1. The Bertz CT molecular complexity index is 1720. The predicted octanol–water partition coefficient (Wildman–Crippen LogP) is 3.68. The summed E-state index contributed by atoms with van der Waals surface area (Å²) in [6, 6.07) is 15.0. The van der Waals surface area contributed by atoms with Gasteiger partial charge >= 0.3 is 23.9 Å². The molecule has 0 aromatic heterocycles. The maximum atomic E-state index is 13.3. The Morgan fingerprint density at radius 1 is 0.849 bits per heavy atom. The van der Waals surface area contributed by atoms with Crippen LogP contribution in [0.15, 0.2) is 77.0 Å². The van der Waals surface area contributed by atoms with Crippen LogP contribution in [0.2, 0.25) is 0 Å². The molecule has 1 amide bonds. The first-order chi connectivity index (χ1) is 24.9. The summed E-state index contributed by atoms with van der Waals surface area (Å²) in [6.07, 6.45) is 3.67. The second kappa shape index (κ2) is 19.6. The van der Waals surface area contributed by atoms with Crippen LogP contribution in [0.4, 0.5) is 11.4 Å². The Morgan fingerprint density at radius 3 is 1.91 bits per heavy atom. The van der Waals surface area contributed by atoms with Crippen LogP contribution in [0, 0.1) is 0 Å². The second-order valence-corrected chi connectivity index (χ2v) is 12.0. The van der Waals surface area contributed by atoms with Crippen molar-refractivity contribution in [2.75, 3.05) is 19.7 Å². The van der Waals surface area contributed by atoms with Crippen molar-refractivity contribution in [2.24, 2.45) is 10.2 Å². The number of carbonyl (C=O) groups excluding carboxylic acids is 2. The smallest absolute Gasteiger partial charge is 0.339 e. The molecule has 0 saturated carbocycles. The number of aliphatic carboxylic acids is 1. The quantitative estimate of drug-likeness (QED) is 0.115. The van der Waals surface area contributed by atoms with E-state index in [9.17, 15) is 39.3 Å². The molecule has 2 saturated heterocycles. The Labute approximate surface area is 304 Å². The number of aromatic hydroxyl groups is 2. The fraction of sp³-hybridized carbons (Fsp3) is 0.361. The van der Waals surface area contributed by atoms with Crippen LogP contribution in [0.25, 0.3) is 0 Å². The van der Waals surface area contributed by atoms with E-state index in [-0.39, 0.29) is 46.5 Å². The number of rotatable bonds is 12. The summed E-state index contributed by atoms with van der Waals surface area (Å²) in [5.74, 6) is -5.06. The lowest BCUT2D eigenvalue weighted by Gasteiger charge is -2.42. The molecule has 5 rings (SSSR count). The third kappa shape index (κ3) is 11.3. The summed E-state index contributed by atoms with van der Waals surface area (Å²) >= 11 is 0. The Hall–Kier alpha value is -5.91. The molecular weight excluding hydrogens is 694 g/mol. The molecule has 0 unspecified atom stereocenters. The van der Waals surface area contributed by atoms with Crippen molar-refractivity contribution in [2.45, 2.75) is 63.6 Å². The number of carboxylic acid groups (broad SMARTS) is 3. The van der Waals surface area contributed by atoms with Crippen LogP contribution in [-0.4, -0.2) is 109 Å². The highest BCUT2D eigenvalue weighted by Crippen LogP contribution is 2.28. The van der Waals surface area contributed by atoms with Crippen molar-refractivity contribution in [1.29, 1.82) is 0 Å². The van der Waals surface area contributed by atoms with Gasteiger partial charge in [0.15, 0.2) is 0 Å². The number of carbonyl (C=O) groups is 5. The highest BCUT2D eigenvalue weighted by Gasteiger charge is 2.42. The van der Waals surface area contributed by atoms with Gasteiger partial charge in [0, 0.05) is 13.1 Å². The van der Waals surface area contributed by atoms with Gasteiger partial charge in [-0.3, -0.25) is 19.9 Å². The molecule has 2 aliphatic rings. The van der Waals surface area contributed by atoms with E-state index in [0.29, 0.717) is 38.8 Å². The summed E-state index contributed by atoms with van der Waals surface area (Å²) in [4.78, 5) is 59.4. The molecule has 284 valence electrons. The van der Waals surface area contributed by atoms with Gasteiger partial charge in [-0.1, -0.05) is 30.3 Å². The zero-order valence-electron chi connectivity index (χ0n) is 28.9. The largest absolute Gasteiger partial charge is 0.507 e. The molecule has 0 radical (unpaired) electrons. The predicted molar refractivity (Wildman–Crippen MR) is 188 cm³/mol. The summed E-state index contributed by atoms with van der Waals surface area (Å²) in [5, 5.41) is 60.1. The van der Waals surface area contributed by atoms with Crippen molar-refractivity contribution in [3.8, 4) is 11.5 Å². The number of aryl methyl sites for hydroxylation is 1. The van der Waals surface area contributed by atoms with Gasteiger partial charge in [0.2, 0.25) is 0 Å². The highest BCUT2D eigenvalue weighted by atomic mass is 16.5. The fourth-order valence-corrected chi connectivity index (χ4v) is 5.89. The standard InChI is InChI=1S/C22H31N3O5.C14H10N2O6.H2O/c1-2-30-22(29)18(13-12-16-8-4-3-5-9-16)23-17-10-6-14-24-15-7-11-19(21(27)28)25(24)20(17)26;17-11-3-1-7(5-9(11)13(19)20)15-16-8-2-4-12(18)10(6-8)14(21)22;/h3-5,8-9,17-19,23H,2,6-7,10-15H2,1H3,(H,27,28);1-6,17-18H,(H,19,20)(H,21,22);1H2/b;16-15+;/t17-,18-,19-;;/m0../s1. The molecule has 3 aromatic rings. The van der Waals surface area contributed by atoms with Gasteiger partial charge in [0.1, 0.15) is 34.7 Å². The van der Waals surface area contributed by atoms with Crippen LogP contribution in [0.3, 0.4) is 0 Å². The van der Waals surface area contributed by atoms with E-state index < -0.39 is 47.5 Å². The molecule has 0 aliphatic carbocycles. The number of amides is 1. The number of ether oxygens (including phenoxy) is 1. The molecule has 2 aliphatic heterocycles. The SMILES string of the molecule is CCOC(=O)[C@H](CCc1ccccc1)N[C@H]1CCCN2CCC[C@@H](C(=O)O)N2C1=O.O.O=C(O)c1cc(/N=N/c2ccc(O)c(C(=O)O)c2)ccc1O. The molecule has 53 heavy (non-hydrogen) atoms. The number of benzene rings is 3. The van der Waals surface area contributed by atoms with E-state index in [2.05, 4.69) is 15.5 Å². The van der Waals surface area contributed by atoms with Gasteiger partial charge < -0.3 is 35.7 Å². The lowest BCUT2D eigenvalue weighted by molar-refractivity contribution is -0.174. The molecule has 8 N–H and O–H groups in total. The van der Waals surface area contributed by atoms with E-state index in [1.807, 2.05) is 35.3 Å². The van der Waals surface area contributed by atoms with Crippen LogP contribution in [0.1, 0.15) is 65.3 Å². The van der Waals surface area contributed by atoms with Gasteiger partial charge in [-0.05, 0) is 87.4 Å². The average Bonchev–Trinajstić information content (AvgIpc) is 3.28. The molecule has 3 aromatic carbocycles. The number of fused-ring (bicyclic) bond motifs is 1. The van der Waals surface area contributed by atoms with Gasteiger partial charge in [-0.2, -0.15) is 10.2 Å². The minimum Gasteiger partial charge on any atom is -0.507 e. The Balaban J connectivity index is 0.000000293. The van der Waals surface area contributed by atoms with Crippen LogP contribution in [0.5, 0.6) is 11.5 Å². The van der Waals surface area contributed by atoms with Gasteiger partial charge in [0.25, 0.3) is 5.91 Å². The number of carboxylic acids is 3. The monoisotopic (exact) mass is 737 g/mol. The number of hydrazine groups is 1. The van der Waals surface area contributed by atoms with Crippen LogP contribution < -0.4 is 5.32 Å². The molecule has 0 spiro atoms. The third-order valence-corrected chi connectivity index (χ3v) is 8.45. The minimum atomic E-state index is -1.31. The number of esters is 1. The zero-order chi connectivity index (χ0) is 37.8. The molecule has 2 fully saturated rings. The maximum Gasteiger partial charge on any atom is 0.339 e. The first-order valence-corrected chi connectivity index (χ1v) is 16.7. The van der Waals surface area contributed by atoms with E-state index in [1.54, 1.807) is 6.92 Å². The molecular formula is C36H43N5O12. The minimum absolute atomic E-state index is 0. The summed E-state index contributed by atoms with van der Waals surface area (Å²) in [7, 11) is 0. The number of nitrogens with one attached hydrogen (secondary N) is 1. The van der Waals surface area contributed by atoms with Crippen molar-refractivity contribution in [3.63, 3.8) is 0 Å². The molecule has 0 bridgehead atoms. The van der Waals surface area contributed by atoms with Crippen LogP contribution in [-0.2, 0) is 25.5 Å². The number of phenols is 2. The lowest BCUT2D eigenvalue weighted by Crippen LogP contribution is -2.61. The van der Waals surface area contributed by atoms with E-state index in [0.717, 1.165) is 42.7 Å². The van der Waals surface area contributed by atoms with Gasteiger partial charge in [0.05, 0.1) is 24.0 Å². The molecule has 3 atom stereocenters. The van der Waals surface area contributed by atoms with Crippen LogP contribution >= 0.6 is 0 Å². The van der Waals surface area contributed by atoms with Crippen molar-refractivity contribution >= 4 is 41.2 Å². The average molecular weight is 738 g/mol. The second-order valence-electron chi connectivity index (χ2n) is 12.0. The maximum absolute atomic E-state index is 13.3. The molecule has 17 nitrogen and oxygen atoms in total. The summed E-state index contributed by atoms with van der Waals surface area (Å²) in [5.41, 5.74) is 0.788. The third-order valence-electron chi connectivity index (χ3n) is 8.45. The summed E-state index contributed by atoms with van der Waals surface area (Å²) in [6.45, 7) is 3.34. The van der Waals surface area contributed by atoms with E-state index in [1.165, 1.54) is 17.1 Å². The number of hydrogen-bond acceptors (Lipinski definition) is 12. The zero-order valence-corrected chi connectivity index (χ0v) is 28.9. The number of nitrogens with zero attached hydrogens (tertiary/aromatic N) is 4. The molecule has 17 heteroatoms. The van der Waals surface area contributed by atoms with E-state index in [4.69, 9.17) is 14.9 Å². The van der Waals surface area contributed by atoms with Gasteiger partial charge in [-0.15, -0.1) is 0 Å². The highest BCUT2D eigenvalue weighted by molar-refractivity contribution is 5.92. The topological polar surface area (TPSA) is 270 Å².